The maximum absolute atomic E-state index is 12.5. The summed E-state index contributed by atoms with van der Waals surface area (Å²) in [6.07, 6.45) is 0.563. The van der Waals surface area contributed by atoms with Gasteiger partial charge in [0.1, 0.15) is 6.17 Å². The van der Waals surface area contributed by atoms with Gasteiger partial charge in [-0.05, 0) is 19.3 Å². The van der Waals surface area contributed by atoms with Crippen molar-refractivity contribution >= 4 is 5.97 Å². The lowest BCUT2D eigenvalue weighted by atomic mass is 10.1. The fraction of sp³-hybridized carbons (Fsp3) is 0.833. The average molecular weight is 132 g/mol. The van der Waals surface area contributed by atoms with Crippen molar-refractivity contribution in [3.8, 4) is 0 Å². The molecule has 1 N–H and O–H groups in total. The Bertz CT molecular complexity index is 124. The van der Waals surface area contributed by atoms with Crippen molar-refractivity contribution in [2.75, 3.05) is 0 Å². The molecule has 0 unspecified atom stereocenters. The highest BCUT2D eigenvalue weighted by atomic mass is 19.1. The molecule has 0 saturated heterocycles. The summed E-state index contributed by atoms with van der Waals surface area (Å²) in [5.41, 5.74) is 0. The Hall–Kier alpha value is -0.600. The molecule has 0 aromatic heterocycles. The molecule has 0 bridgehead atoms. The van der Waals surface area contributed by atoms with Crippen LogP contribution in [0.15, 0.2) is 0 Å². The molecule has 1 aliphatic carbocycles. The number of halogens is 1. The van der Waals surface area contributed by atoms with E-state index < -0.39 is 18.1 Å². The molecule has 1 saturated carbocycles. The largest absolute Gasteiger partial charge is 0.481 e. The Balaban J connectivity index is 2.49. The topological polar surface area (TPSA) is 37.3 Å². The molecule has 0 amide bonds. The van der Waals surface area contributed by atoms with Crippen molar-refractivity contribution in [3.05, 3.63) is 0 Å². The van der Waals surface area contributed by atoms with E-state index in [-0.39, 0.29) is 0 Å². The monoisotopic (exact) mass is 132 g/mol. The van der Waals surface area contributed by atoms with Crippen molar-refractivity contribution in [2.45, 2.75) is 25.4 Å². The fourth-order valence-corrected chi connectivity index (χ4v) is 1.19. The van der Waals surface area contributed by atoms with E-state index in [0.29, 0.717) is 12.8 Å². The van der Waals surface area contributed by atoms with Gasteiger partial charge < -0.3 is 5.11 Å². The molecular formula is C6H9FO2. The van der Waals surface area contributed by atoms with Crippen LogP contribution in [0.5, 0.6) is 0 Å². The average Bonchev–Trinajstić information content (AvgIpc) is 2.13. The third-order valence-corrected chi connectivity index (χ3v) is 1.75. The molecule has 52 valence electrons. The zero-order valence-electron chi connectivity index (χ0n) is 5.01. The van der Waals surface area contributed by atoms with Crippen molar-refractivity contribution in [3.63, 3.8) is 0 Å². The number of aliphatic carboxylic acids is 1. The number of carboxylic acids is 1. The van der Waals surface area contributed by atoms with Gasteiger partial charge in [0.15, 0.2) is 0 Å². The minimum Gasteiger partial charge on any atom is -0.481 e. The van der Waals surface area contributed by atoms with Crippen molar-refractivity contribution < 1.29 is 14.3 Å². The number of hydrogen-bond acceptors (Lipinski definition) is 1. The van der Waals surface area contributed by atoms with E-state index in [0.717, 1.165) is 6.42 Å². The molecule has 0 aromatic rings. The summed E-state index contributed by atoms with van der Waals surface area (Å²) in [6, 6.07) is 0. The van der Waals surface area contributed by atoms with E-state index in [4.69, 9.17) is 5.11 Å². The van der Waals surface area contributed by atoms with E-state index in [1.165, 1.54) is 0 Å². The third-order valence-electron chi connectivity index (χ3n) is 1.75. The Kier molecular flexibility index (Phi) is 1.69. The molecule has 0 radical (unpaired) electrons. The number of carbonyl (C=O) groups is 1. The molecule has 9 heavy (non-hydrogen) atoms. The van der Waals surface area contributed by atoms with E-state index in [1.807, 2.05) is 0 Å². The summed E-state index contributed by atoms with van der Waals surface area (Å²) in [6.45, 7) is 0. The molecule has 3 heteroatoms. The van der Waals surface area contributed by atoms with Gasteiger partial charge >= 0.3 is 5.97 Å². The molecule has 1 fully saturated rings. The number of carboxylic acid groups (broad SMARTS) is 1. The molecule has 2 nitrogen and oxygen atoms in total. The third kappa shape index (κ3) is 1.20. The van der Waals surface area contributed by atoms with Crippen molar-refractivity contribution in [1.29, 1.82) is 0 Å². The zero-order chi connectivity index (χ0) is 6.85. The van der Waals surface area contributed by atoms with Crippen molar-refractivity contribution in [2.24, 2.45) is 5.92 Å². The highest BCUT2D eigenvalue weighted by Gasteiger charge is 2.32. The Morgan fingerprint density at radius 3 is 2.44 bits per heavy atom. The van der Waals surface area contributed by atoms with Gasteiger partial charge in [0, 0.05) is 0 Å². The first kappa shape index (κ1) is 6.52. The molecule has 0 heterocycles. The minimum absolute atomic E-state index is 0.428. The Labute approximate surface area is 52.7 Å². The smallest absolute Gasteiger partial charge is 0.309 e. The highest BCUT2D eigenvalue weighted by molar-refractivity contribution is 5.71. The summed E-state index contributed by atoms with van der Waals surface area (Å²) >= 11 is 0. The zero-order valence-corrected chi connectivity index (χ0v) is 5.01. The maximum Gasteiger partial charge on any atom is 0.309 e. The van der Waals surface area contributed by atoms with E-state index in [2.05, 4.69) is 0 Å². The first-order valence-electron chi connectivity index (χ1n) is 3.08. The predicted molar refractivity (Wildman–Crippen MR) is 29.9 cm³/mol. The first-order chi connectivity index (χ1) is 4.22. The van der Waals surface area contributed by atoms with Crippen LogP contribution < -0.4 is 0 Å². The molecule has 2 atom stereocenters. The van der Waals surface area contributed by atoms with Crippen LogP contribution in [-0.2, 0) is 4.79 Å². The summed E-state index contributed by atoms with van der Waals surface area (Å²) in [4.78, 5) is 10.2. The number of alkyl halides is 1. The fourth-order valence-electron chi connectivity index (χ4n) is 1.19. The van der Waals surface area contributed by atoms with E-state index >= 15 is 0 Å². The number of rotatable bonds is 1. The summed E-state index contributed by atoms with van der Waals surface area (Å²) in [7, 11) is 0. The summed E-state index contributed by atoms with van der Waals surface area (Å²) in [5.74, 6) is -1.70. The summed E-state index contributed by atoms with van der Waals surface area (Å²) < 4.78 is 12.5. The minimum atomic E-state index is -1.09. The van der Waals surface area contributed by atoms with Gasteiger partial charge in [0.2, 0.25) is 0 Å². The van der Waals surface area contributed by atoms with Gasteiger partial charge in [-0.1, -0.05) is 0 Å². The van der Waals surface area contributed by atoms with Gasteiger partial charge in [0.05, 0.1) is 5.92 Å². The normalized spacial score (nSPS) is 34.8. The van der Waals surface area contributed by atoms with Crippen molar-refractivity contribution in [1.82, 2.24) is 0 Å². The van der Waals surface area contributed by atoms with E-state index in [9.17, 15) is 9.18 Å². The van der Waals surface area contributed by atoms with Crippen LogP contribution in [0, 0.1) is 5.92 Å². The van der Waals surface area contributed by atoms with Crippen LogP contribution in [-0.4, -0.2) is 17.2 Å². The van der Waals surface area contributed by atoms with Gasteiger partial charge in [-0.25, -0.2) is 4.39 Å². The molecule has 0 spiro atoms. The number of hydrogen-bond donors (Lipinski definition) is 1. The Morgan fingerprint density at radius 2 is 2.22 bits per heavy atom. The lowest BCUT2D eigenvalue weighted by molar-refractivity contribution is -0.143. The summed E-state index contributed by atoms with van der Waals surface area (Å²) in [5, 5.41) is 8.34. The second-order valence-electron chi connectivity index (χ2n) is 2.39. The van der Waals surface area contributed by atoms with Gasteiger partial charge in [-0.15, -0.1) is 0 Å². The molecule has 0 aliphatic heterocycles. The lowest BCUT2D eigenvalue weighted by Gasteiger charge is -2.03. The Morgan fingerprint density at radius 1 is 1.56 bits per heavy atom. The maximum atomic E-state index is 12.5. The molecule has 0 aromatic carbocycles. The quantitative estimate of drug-likeness (QED) is 0.582. The van der Waals surface area contributed by atoms with Crippen LogP contribution in [0.25, 0.3) is 0 Å². The second kappa shape index (κ2) is 2.33. The molecule has 1 aliphatic rings. The molecular weight excluding hydrogens is 123 g/mol. The van der Waals surface area contributed by atoms with Gasteiger partial charge in [0.25, 0.3) is 0 Å². The second-order valence-corrected chi connectivity index (χ2v) is 2.39. The standard InChI is InChI=1S/C6H9FO2/c7-5-3-1-2-4(5)6(8)9/h4-5H,1-3H2,(H,8,9)/t4-,5+/m0/s1. The van der Waals surface area contributed by atoms with Crippen LogP contribution in [0.2, 0.25) is 0 Å². The highest BCUT2D eigenvalue weighted by Crippen LogP contribution is 2.27. The lowest BCUT2D eigenvalue weighted by Crippen LogP contribution is -2.18. The SMILES string of the molecule is O=C(O)[C@H]1CCC[C@H]1F. The van der Waals surface area contributed by atoms with Crippen LogP contribution in [0.3, 0.4) is 0 Å². The van der Waals surface area contributed by atoms with E-state index in [1.54, 1.807) is 0 Å². The first-order valence-corrected chi connectivity index (χ1v) is 3.08. The predicted octanol–water partition coefficient (Wildman–Crippen LogP) is 1.21. The van der Waals surface area contributed by atoms with Gasteiger partial charge in [-0.3, -0.25) is 4.79 Å². The van der Waals surface area contributed by atoms with Crippen LogP contribution in [0.1, 0.15) is 19.3 Å². The van der Waals surface area contributed by atoms with Crippen LogP contribution in [0.4, 0.5) is 4.39 Å². The molecule has 1 rings (SSSR count). The van der Waals surface area contributed by atoms with Crippen LogP contribution >= 0.6 is 0 Å². The van der Waals surface area contributed by atoms with Gasteiger partial charge in [-0.2, -0.15) is 0 Å².